The lowest BCUT2D eigenvalue weighted by atomic mass is 10.0. The Labute approximate surface area is 127 Å². The Bertz CT molecular complexity index is 563. The van der Waals surface area contributed by atoms with Crippen molar-refractivity contribution in [3.63, 3.8) is 0 Å². The van der Waals surface area contributed by atoms with Gasteiger partial charge in [0.25, 0.3) is 5.91 Å². The SMILES string of the molecule is O=C1N=C(N2CCCC[C@@H]2CCO)S/C1=C/c1ccco1. The zero-order chi connectivity index (χ0) is 14.7. The van der Waals surface area contributed by atoms with Gasteiger partial charge in [-0.05, 0) is 49.6 Å². The Kier molecular flexibility index (Phi) is 4.45. The zero-order valence-electron chi connectivity index (χ0n) is 11.7. The zero-order valence-corrected chi connectivity index (χ0v) is 12.5. The standard InChI is InChI=1S/C15H18N2O3S/c18-8-6-11-4-1-2-7-17(11)15-16-14(19)13(21-15)10-12-5-3-9-20-12/h3,5,9-11,18H,1-2,4,6-8H2/b13-10+/t11-/m1/s1. The molecule has 1 amide bonds. The number of thioether (sulfide) groups is 1. The van der Waals surface area contributed by atoms with Gasteiger partial charge >= 0.3 is 0 Å². The summed E-state index contributed by atoms with van der Waals surface area (Å²) in [5.41, 5.74) is 0. The Morgan fingerprint density at radius 3 is 3.19 bits per heavy atom. The lowest BCUT2D eigenvalue weighted by Gasteiger charge is -2.36. The van der Waals surface area contributed by atoms with E-state index in [1.54, 1.807) is 18.4 Å². The van der Waals surface area contributed by atoms with Crippen LogP contribution in [-0.4, -0.2) is 40.3 Å². The fraction of sp³-hybridized carbons (Fsp3) is 0.467. The van der Waals surface area contributed by atoms with Crippen molar-refractivity contribution in [1.82, 2.24) is 4.90 Å². The first kappa shape index (κ1) is 14.4. The van der Waals surface area contributed by atoms with Gasteiger partial charge in [-0.2, -0.15) is 4.99 Å². The number of amides is 1. The van der Waals surface area contributed by atoms with Gasteiger partial charge in [-0.15, -0.1) is 0 Å². The molecule has 1 saturated heterocycles. The molecule has 0 aromatic carbocycles. The predicted molar refractivity (Wildman–Crippen MR) is 82.8 cm³/mol. The van der Waals surface area contributed by atoms with Crippen molar-refractivity contribution in [2.75, 3.05) is 13.2 Å². The summed E-state index contributed by atoms with van der Waals surface area (Å²) in [4.78, 5) is 19.0. The molecule has 0 saturated carbocycles. The van der Waals surface area contributed by atoms with Crippen molar-refractivity contribution in [2.24, 2.45) is 4.99 Å². The highest BCUT2D eigenvalue weighted by atomic mass is 32.2. The minimum absolute atomic E-state index is 0.169. The molecule has 6 heteroatoms. The molecule has 2 aliphatic rings. The summed E-state index contributed by atoms with van der Waals surface area (Å²) >= 11 is 1.40. The number of likely N-dealkylation sites (tertiary alicyclic amines) is 1. The molecule has 0 spiro atoms. The first-order chi connectivity index (χ1) is 10.3. The van der Waals surface area contributed by atoms with Crippen molar-refractivity contribution < 1.29 is 14.3 Å². The average Bonchev–Trinajstić information content (AvgIpc) is 3.11. The van der Waals surface area contributed by atoms with E-state index < -0.39 is 0 Å². The van der Waals surface area contributed by atoms with Gasteiger partial charge in [0.2, 0.25) is 0 Å². The number of furan rings is 1. The van der Waals surface area contributed by atoms with Crippen molar-refractivity contribution in [3.8, 4) is 0 Å². The summed E-state index contributed by atoms with van der Waals surface area (Å²) in [5.74, 6) is 0.451. The number of aliphatic hydroxyl groups is 1. The highest BCUT2D eigenvalue weighted by Gasteiger charge is 2.31. The number of aliphatic imine (C=N–C) groups is 1. The summed E-state index contributed by atoms with van der Waals surface area (Å²) in [6, 6.07) is 3.89. The average molecular weight is 306 g/mol. The van der Waals surface area contributed by atoms with Gasteiger partial charge in [-0.1, -0.05) is 0 Å². The topological polar surface area (TPSA) is 66.0 Å². The maximum atomic E-state index is 12.0. The van der Waals surface area contributed by atoms with Crippen LogP contribution in [0.15, 0.2) is 32.7 Å². The van der Waals surface area contributed by atoms with Gasteiger partial charge in [0.15, 0.2) is 5.17 Å². The molecule has 0 bridgehead atoms. The molecule has 112 valence electrons. The molecular formula is C15H18N2O3S. The van der Waals surface area contributed by atoms with Gasteiger partial charge in [-0.3, -0.25) is 4.79 Å². The number of hydrogen-bond acceptors (Lipinski definition) is 5. The number of rotatable bonds is 3. The van der Waals surface area contributed by atoms with Crippen molar-refractivity contribution >= 4 is 28.9 Å². The molecule has 5 nitrogen and oxygen atoms in total. The minimum Gasteiger partial charge on any atom is -0.465 e. The smallest absolute Gasteiger partial charge is 0.286 e. The number of carbonyl (C=O) groups excluding carboxylic acids is 1. The van der Waals surface area contributed by atoms with Gasteiger partial charge in [-0.25, -0.2) is 0 Å². The van der Waals surface area contributed by atoms with Crippen LogP contribution < -0.4 is 0 Å². The second-order valence-corrected chi connectivity index (χ2v) is 6.19. The number of carbonyl (C=O) groups is 1. The molecule has 1 atom stereocenters. The van der Waals surface area contributed by atoms with E-state index >= 15 is 0 Å². The Balaban J connectivity index is 1.74. The molecule has 0 unspecified atom stereocenters. The van der Waals surface area contributed by atoms with E-state index in [2.05, 4.69) is 9.89 Å². The van der Waals surface area contributed by atoms with Crippen LogP contribution in [-0.2, 0) is 4.79 Å². The van der Waals surface area contributed by atoms with Gasteiger partial charge in [0.1, 0.15) is 5.76 Å². The monoisotopic (exact) mass is 306 g/mol. The quantitative estimate of drug-likeness (QED) is 0.869. The van der Waals surface area contributed by atoms with E-state index in [1.165, 1.54) is 18.2 Å². The molecule has 3 heterocycles. The van der Waals surface area contributed by atoms with Crippen LogP contribution >= 0.6 is 11.8 Å². The first-order valence-electron chi connectivity index (χ1n) is 7.21. The van der Waals surface area contributed by atoms with Crippen LogP contribution in [0.4, 0.5) is 0 Å². The normalized spacial score (nSPS) is 24.7. The molecule has 3 rings (SSSR count). The van der Waals surface area contributed by atoms with E-state index in [-0.39, 0.29) is 18.6 Å². The van der Waals surface area contributed by atoms with E-state index in [0.717, 1.165) is 31.0 Å². The third-order valence-electron chi connectivity index (χ3n) is 3.76. The molecule has 0 radical (unpaired) electrons. The van der Waals surface area contributed by atoms with Crippen LogP contribution in [0, 0.1) is 0 Å². The molecule has 0 aliphatic carbocycles. The summed E-state index contributed by atoms with van der Waals surface area (Å²) < 4.78 is 5.24. The maximum absolute atomic E-state index is 12.0. The molecule has 2 aliphatic heterocycles. The van der Waals surface area contributed by atoms with Crippen molar-refractivity contribution in [1.29, 1.82) is 0 Å². The number of piperidine rings is 1. The first-order valence-corrected chi connectivity index (χ1v) is 8.03. The second-order valence-electron chi connectivity index (χ2n) is 5.18. The summed E-state index contributed by atoms with van der Waals surface area (Å²) in [5, 5.41) is 9.95. The van der Waals surface area contributed by atoms with Crippen LogP contribution in [0.25, 0.3) is 6.08 Å². The van der Waals surface area contributed by atoms with E-state index in [9.17, 15) is 9.90 Å². The van der Waals surface area contributed by atoms with E-state index in [1.807, 2.05) is 6.07 Å². The van der Waals surface area contributed by atoms with E-state index in [4.69, 9.17) is 4.42 Å². The highest BCUT2D eigenvalue weighted by molar-refractivity contribution is 8.18. The lowest BCUT2D eigenvalue weighted by Crippen LogP contribution is -2.42. The summed E-state index contributed by atoms with van der Waals surface area (Å²) in [6.45, 7) is 1.07. The lowest BCUT2D eigenvalue weighted by molar-refractivity contribution is -0.113. The fourth-order valence-corrected chi connectivity index (χ4v) is 3.72. The number of nitrogens with zero attached hydrogens (tertiary/aromatic N) is 2. The number of hydrogen-bond donors (Lipinski definition) is 1. The molecule has 1 N–H and O–H groups in total. The van der Waals surface area contributed by atoms with Crippen LogP contribution in [0.3, 0.4) is 0 Å². The van der Waals surface area contributed by atoms with Gasteiger partial charge < -0.3 is 14.4 Å². The number of aliphatic hydroxyl groups excluding tert-OH is 1. The van der Waals surface area contributed by atoms with Crippen LogP contribution in [0.1, 0.15) is 31.4 Å². The summed E-state index contributed by atoms with van der Waals surface area (Å²) in [6.07, 6.45) is 7.36. The molecule has 1 aromatic heterocycles. The molecular weight excluding hydrogens is 288 g/mol. The van der Waals surface area contributed by atoms with Gasteiger partial charge in [0, 0.05) is 25.3 Å². The van der Waals surface area contributed by atoms with Crippen molar-refractivity contribution in [3.05, 3.63) is 29.1 Å². The fourth-order valence-electron chi connectivity index (χ4n) is 2.72. The minimum atomic E-state index is -0.209. The second kappa shape index (κ2) is 6.49. The Morgan fingerprint density at radius 1 is 1.52 bits per heavy atom. The summed E-state index contributed by atoms with van der Waals surface area (Å²) in [7, 11) is 0. The van der Waals surface area contributed by atoms with Crippen LogP contribution in [0.5, 0.6) is 0 Å². The van der Waals surface area contributed by atoms with Crippen LogP contribution in [0.2, 0.25) is 0 Å². The maximum Gasteiger partial charge on any atom is 0.286 e. The largest absolute Gasteiger partial charge is 0.465 e. The third-order valence-corrected chi connectivity index (χ3v) is 4.78. The van der Waals surface area contributed by atoms with Gasteiger partial charge in [0.05, 0.1) is 11.2 Å². The number of amidine groups is 1. The van der Waals surface area contributed by atoms with E-state index in [0.29, 0.717) is 10.7 Å². The predicted octanol–water partition coefficient (Wildman–Crippen LogP) is 2.49. The third kappa shape index (κ3) is 3.22. The van der Waals surface area contributed by atoms with Crippen molar-refractivity contribution in [2.45, 2.75) is 31.7 Å². The Morgan fingerprint density at radius 2 is 2.43 bits per heavy atom. The molecule has 1 aromatic rings. The highest BCUT2D eigenvalue weighted by Crippen LogP contribution is 2.33. The molecule has 21 heavy (non-hydrogen) atoms. The molecule has 1 fully saturated rings. The Hall–Kier alpha value is -1.53.